The minimum atomic E-state index is 0.323. The summed E-state index contributed by atoms with van der Waals surface area (Å²) in [6.45, 7) is 7.64. The van der Waals surface area contributed by atoms with E-state index in [0.717, 1.165) is 12.3 Å². The third-order valence-corrected chi connectivity index (χ3v) is 3.98. The van der Waals surface area contributed by atoms with Gasteiger partial charge >= 0.3 is 0 Å². The highest BCUT2D eigenvalue weighted by molar-refractivity contribution is 7.98. The highest BCUT2D eigenvalue weighted by Gasteiger charge is 2.12. The van der Waals surface area contributed by atoms with Crippen molar-refractivity contribution in [1.29, 1.82) is 0 Å². The van der Waals surface area contributed by atoms with Crippen molar-refractivity contribution in [3.63, 3.8) is 0 Å². The quantitative estimate of drug-likeness (QED) is 0.815. The molecule has 0 aliphatic heterocycles. The van der Waals surface area contributed by atoms with E-state index in [1.54, 1.807) is 7.11 Å². The molecule has 1 aromatic rings. The number of rotatable bonds is 7. The summed E-state index contributed by atoms with van der Waals surface area (Å²) in [5.74, 6) is 2.86. The van der Waals surface area contributed by atoms with Crippen LogP contribution in [0.15, 0.2) is 18.2 Å². The summed E-state index contributed by atoms with van der Waals surface area (Å²) in [6, 6.07) is 6.67. The van der Waals surface area contributed by atoms with Gasteiger partial charge in [-0.3, -0.25) is 0 Å². The Hall–Kier alpha value is -0.670. The van der Waals surface area contributed by atoms with E-state index >= 15 is 0 Å². The van der Waals surface area contributed by atoms with Crippen LogP contribution in [0.5, 0.6) is 5.75 Å². The Balaban J connectivity index is 2.65. The molecular weight excluding hydrogens is 242 g/mol. The summed E-state index contributed by atoms with van der Waals surface area (Å²) in [4.78, 5) is 0. The van der Waals surface area contributed by atoms with Crippen molar-refractivity contribution in [1.82, 2.24) is 5.32 Å². The van der Waals surface area contributed by atoms with Crippen molar-refractivity contribution in [2.75, 3.05) is 25.7 Å². The fraction of sp³-hybridized carbons (Fsp3) is 0.600. The highest BCUT2D eigenvalue weighted by Crippen LogP contribution is 2.26. The van der Waals surface area contributed by atoms with Crippen molar-refractivity contribution in [3.05, 3.63) is 29.3 Å². The number of hydrogen-bond acceptors (Lipinski definition) is 3. The molecule has 1 rings (SSSR count). The molecule has 1 aromatic carbocycles. The minimum absolute atomic E-state index is 0.323. The number of hydrogen-bond donors (Lipinski definition) is 1. The first kappa shape index (κ1) is 15.4. The molecule has 0 saturated heterocycles. The van der Waals surface area contributed by atoms with Crippen LogP contribution in [0.4, 0.5) is 0 Å². The maximum atomic E-state index is 5.43. The smallest absolute Gasteiger partial charge is 0.123 e. The number of ether oxygens (including phenoxy) is 1. The molecule has 2 nitrogen and oxygen atoms in total. The fourth-order valence-corrected chi connectivity index (χ4v) is 2.71. The standard InChI is InChI=1S/C15H25NOS/c1-11-6-7-15(17-4)14(8-11)13(3)16-9-12(2)10-18-5/h6-8,12-13,16H,9-10H2,1-5H3. The van der Waals surface area contributed by atoms with Gasteiger partial charge in [-0.05, 0) is 44.4 Å². The molecule has 0 aromatic heterocycles. The monoisotopic (exact) mass is 267 g/mol. The topological polar surface area (TPSA) is 21.3 Å². The van der Waals surface area contributed by atoms with E-state index in [1.807, 2.05) is 17.8 Å². The van der Waals surface area contributed by atoms with Gasteiger partial charge in [0.2, 0.25) is 0 Å². The van der Waals surface area contributed by atoms with Crippen LogP contribution in [0.1, 0.15) is 31.0 Å². The molecule has 0 heterocycles. The number of nitrogens with one attached hydrogen (secondary N) is 1. The van der Waals surface area contributed by atoms with Crippen LogP contribution in [0.25, 0.3) is 0 Å². The fourth-order valence-electron chi connectivity index (χ4n) is 2.02. The van der Waals surface area contributed by atoms with Gasteiger partial charge in [-0.15, -0.1) is 0 Å². The van der Waals surface area contributed by atoms with Crippen LogP contribution in [-0.2, 0) is 0 Å². The molecule has 0 saturated carbocycles. The summed E-state index contributed by atoms with van der Waals surface area (Å²) >= 11 is 1.90. The number of aryl methyl sites for hydroxylation is 1. The lowest BCUT2D eigenvalue weighted by atomic mass is 10.0. The van der Waals surface area contributed by atoms with E-state index in [1.165, 1.54) is 16.9 Å². The van der Waals surface area contributed by atoms with E-state index in [-0.39, 0.29) is 0 Å². The maximum absolute atomic E-state index is 5.43. The number of thioether (sulfide) groups is 1. The number of benzene rings is 1. The van der Waals surface area contributed by atoms with Gasteiger partial charge in [-0.25, -0.2) is 0 Å². The van der Waals surface area contributed by atoms with Crippen LogP contribution in [0, 0.1) is 12.8 Å². The molecule has 102 valence electrons. The molecule has 0 spiro atoms. The van der Waals surface area contributed by atoms with Crippen molar-refractivity contribution in [2.24, 2.45) is 5.92 Å². The Kier molecular flexibility index (Phi) is 6.58. The average Bonchev–Trinajstić information content (AvgIpc) is 2.36. The maximum Gasteiger partial charge on any atom is 0.123 e. The highest BCUT2D eigenvalue weighted by atomic mass is 32.2. The molecule has 2 atom stereocenters. The van der Waals surface area contributed by atoms with Gasteiger partial charge in [-0.1, -0.05) is 24.6 Å². The van der Waals surface area contributed by atoms with Crippen LogP contribution in [0.3, 0.4) is 0 Å². The van der Waals surface area contributed by atoms with E-state index in [9.17, 15) is 0 Å². The first-order valence-electron chi connectivity index (χ1n) is 6.45. The van der Waals surface area contributed by atoms with E-state index in [2.05, 4.69) is 44.5 Å². The van der Waals surface area contributed by atoms with Gasteiger partial charge in [0.05, 0.1) is 7.11 Å². The zero-order valence-electron chi connectivity index (χ0n) is 12.1. The first-order chi connectivity index (χ1) is 8.58. The molecule has 2 unspecified atom stereocenters. The summed E-state index contributed by atoms with van der Waals surface area (Å²) < 4.78 is 5.43. The van der Waals surface area contributed by atoms with Crippen LogP contribution in [0.2, 0.25) is 0 Å². The molecular formula is C15H25NOS. The largest absolute Gasteiger partial charge is 0.496 e. The minimum Gasteiger partial charge on any atom is -0.496 e. The SMILES string of the molecule is COc1ccc(C)cc1C(C)NCC(C)CSC. The second-order valence-electron chi connectivity index (χ2n) is 4.94. The second-order valence-corrected chi connectivity index (χ2v) is 5.85. The third-order valence-electron chi connectivity index (χ3n) is 3.08. The average molecular weight is 267 g/mol. The van der Waals surface area contributed by atoms with Crippen LogP contribution < -0.4 is 10.1 Å². The summed E-state index contributed by atoms with van der Waals surface area (Å²) in [5, 5.41) is 3.59. The normalized spacial score (nSPS) is 14.3. The first-order valence-corrected chi connectivity index (χ1v) is 7.84. The Bertz CT molecular complexity index is 368. The van der Waals surface area contributed by atoms with Gasteiger partial charge in [0.1, 0.15) is 5.75 Å². The van der Waals surface area contributed by atoms with Crippen LogP contribution in [-0.4, -0.2) is 25.7 Å². The number of methoxy groups -OCH3 is 1. The Morgan fingerprint density at radius 2 is 2.06 bits per heavy atom. The lowest BCUT2D eigenvalue weighted by molar-refractivity contribution is 0.399. The van der Waals surface area contributed by atoms with E-state index in [4.69, 9.17) is 4.74 Å². The van der Waals surface area contributed by atoms with Crippen molar-refractivity contribution in [2.45, 2.75) is 26.8 Å². The molecule has 18 heavy (non-hydrogen) atoms. The summed E-state index contributed by atoms with van der Waals surface area (Å²) in [6.07, 6.45) is 2.16. The molecule has 3 heteroatoms. The Morgan fingerprint density at radius 1 is 1.33 bits per heavy atom. The zero-order chi connectivity index (χ0) is 13.5. The predicted molar refractivity (Wildman–Crippen MR) is 81.7 cm³/mol. The Morgan fingerprint density at radius 3 is 2.67 bits per heavy atom. The lowest BCUT2D eigenvalue weighted by Gasteiger charge is -2.20. The molecule has 0 aliphatic carbocycles. The van der Waals surface area contributed by atoms with Gasteiger partial charge in [0.25, 0.3) is 0 Å². The van der Waals surface area contributed by atoms with Crippen LogP contribution >= 0.6 is 11.8 Å². The molecule has 0 radical (unpaired) electrons. The van der Waals surface area contributed by atoms with Gasteiger partial charge in [-0.2, -0.15) is 11.8 Å². The summed E-state index contributed by atoms with van der Waals surface area (Å²) in [7, 11) is 1.73. The lowest BCUT2D eigenvalue weighted by Crippen LogP contribution is -2.25. The van der Waals surface area contributed by atoms with Crippen molar-refractivity contribution in [3.8, 4) is 5.75 Å². The van der Waals surface area contributed by atoms with Gasteiger partial charge < -0.3 is 10.1 Å². The summed E-state index contributed by atoms with van der Waals surface area (Å²) in [5.41, 5.74) is 2.52. The van der Waals surface area contributed by atoms with E-state index in [0.29, 0.717) is 12.0 Å². The molecule has 0 amide bonds. The molecule has 0 bridgehead atoms. The Labute approximate surface area is 116 Å². The zero-order valence-corrected chi connectivity index (χ0v) is 12.9. The van der Waals surface area contributed by atoms with E-state index < -0.39 is 0 Å². The molecule has 0 fully saturated rings. The van der Waals surface area contributed by atoms with Crippen molar-refractivity contribution >= 4 is 11.8 Å². The predicted octanol–water partition coefficient (Wildman–Crippen LogP) is 3.65. The molecule has 0 aliphatic rings. The molecule has 1 N–H and O–H groups in total. The second kappa shape index (κ2) is 7.70. The van der Waals surface area contributed by atoms with Gasteiger partial charge in [0, 0.05) is 11.6 Å². The van der Waals surface area contributed by atoms with Crippen molar-refractivity contribution < 1.29 is 4.74 Å². The van der Waals surface area contributed by atoms with Gasteiger partial charge in [0.15, 0.2) is 0 Å². The third kappa shape index (κ3) is 4.54.